The first-order valence-corrected chi connectivity index (χ1v) is 10.3. The van der Waals surface area contributed by atoms with Gasteiger partial charge in [-0.1, -0.05) is 0 Å². The number of hydrogen-bond donors (Lipinski definition) is 2. The largest absolute Gasteiger partial charge is 0.379 e. The van der Waals surface area contributed by atoms with Gasteiger partial charge in [-0.25, -0.2) is 9.97 Å². The molecule has 0 spiro atoms. The molecule has 4 aromatic heterocycles. The smallest absolute Gasteiger partial charge is 0.254 e. The number of nitrogens with two attached hydrogens (primary N) is 1. The number of carbonyl (C=O) groups excluding carboxylic acids is 1. The summed E-state index contributed by atoms with van der Waals surface area (Å²) in [5.74, 6) is 0.155. The highest BCUT2D eigenvalue weighted by Gasteiger charge is 2.19. The molecule has 1 amide bonds. The molecule has 1 saturated heterocycles. The van der Waals surface area contributed by atoms with Gasteiger partial charge in [-0.05, 0) is 12.1 Å². The van der Waals surface area contributed by atoms with Crippen LogP contribution in [0.1, 0.15) is 10.4 Å². The molecule has 0 saturated carbocycles. The normalized spacial score (nSPS) is 15.0. The molecule has 0 radical (unpaired) electrons. The Bertz CT molecular complexity index is 1260. The number of morpholine rings is 1. The lowest BCUT2D eigenvalue weighted by Gasteiger charge is -2.26. The minimum atomic E-state index is -0.559. The summed E-state index contributed by atoms with van der Waals surface area (Å²) in [5, 5.41) is 8.38. The van der Waals surface area contributed by atoms with Gasteiger partial charge in [0.05, 0.1) is 25.1 Å². The number of ether oxygens (including phenoxy) is 1. The van der Waals surface area contributed by atoms with Crippen molar-refractivity contribution < 1.29 is 9.53 Å². The molecule has 5 heterocycles. The summed E-state index contributed by atoms with van der Waals surface area (Å²) >= 11 is 0. The first-order valence-electron chi connectivity index (χ1n) is 10.3. The van der Waals surface area contributed by atoms with E-state index in [1.165, 1.54) is 6.20 Å². The Hall–Kier alpha value is -3.50. The van der Waals surface area contributed by atoms with Gasteiger partial charge in [0.15, 0.2) is 5.65 Å². The second-order valence-corrected chi connectivity index (χ2v) is 7.50. The van der Waals surface area contributed by atoms with E-state index in [9.17, 15) is 4.79 Å². The predicted molar refractivity (Wildman–Crippen MR) is 117 cm³/mol. The van der Waals surface area contributed by atoms with Crippen molar-refractivity contribution in [1.29, 1.82) is 0 Å². The Morgan fingerprint density at radius 1 is 1.26 bits per heavy atom. The van der Waals surface area contributed by atoms with Crippen LogP contribution in [0.15, 0.2) is 36.8 Å². The molecule has 1 aliphatic heterocycles. The number of nitrogens with one attached hydrogen (secondary N) is 1. The molecule has 31 heavy (non-hydrogen) atoms. The topological polar surface area (TPSA) is 116 Å². The van der Waals surface area contributed by atoms with Crippen molar-refractivity contribution >= 4 is 28.4 Å². The van der Waals surface area contributed by atoms with E-state index in [1.807, 2.05) is 18.2 Å². The quantitative estimate of drug-likeness (QED) is 0.482. The Kier molecular flexibility index (Phi) is 5.00. The summed E-state index contributed by atoms with van der Waals surface area (Å²) in [6, 6.07) is 5.88. The molecule has 4 aromatic rings. The number of amides is 1. The van der Waals surface area contributed by atoms with Crippen molar-refractivity contribution in [2.45, 2.75) is 6.54 Å². The molecule has 3 N–H and O–H groups in total. The van der Waals surface area contributed by atoms with Crippen molar-refractivity contribution in [1.82, 2.24) is 29.0 Å². The first kappa shape index (κ1) is 19.5. The molecule has 0 bridgehead atoms. The summed E-state index contributed by atoms with van der Waals surface area (Å²) in [6.07, 6.45) is 5.33. The van der Waals surface area contributed by atoms with Gasteiger partial charge >= 0.3 is 0 Å². The summed E-state index contributed by atoms with van der Waals surface area (Å²) in [7, 11) is 1.80. The Balaban J connectivity index is 1.59. The second-order valence-electron chi connectivity index (χ2n) is 7.50. The maximum absolute atomic E-state index is 11.9. The van der Waals surface area contributed by atoms with Crippen LogP contribution >= 0.6 is 0 Å². The van der Waals surface area contributed by atoms with Gasteiger partial charge in [-0.3, -0.25) is 9.69 Å². The van der Waals surface area contributed by atoms with Crippen LogP contribution in [0, 0.1) is 0 Å². The molecule has 5 rings (SSSR count). The van der Waals surface area contributed by atoms with E-state index in [0.29, 0.717) is 11.5 Å². The lowest BCUT2D eigenvalue weighted by atomic mass is 10.1. The van der Waals surface area contributed by atoms with Crippen LogP contribution < -0.4 is 11.1 Å². The third-order valence-electron chi connectivity index (χ3n) is 5.66. The van der Waals surface area contributed by atoms with Crippen LogP contribution in [0.25, 0.3) is 27.9 Å². The van der Waals surface area contributed by atoms with Crippen LogP contribution in [-0.2, 0) is 11.3 Å². The third-order valence-corrected chi connectivity index (χ3v) is 5.66. The minimum absolute atomic E-state index is 0.285. The van der Waals surface area contributed by atoms with Crippen molar-refractivity contribution in [2.75, 3.05) is 45.2 Å². The number of rotatable bonds is 6. The average molecular weight is 420 g/mol. The van der Waals surface area contributed by atoms with E-state index in [2.05, 4.69) is 31.1 Å². The number of nitrogens with zero attached hydrogens (tertiary/aromatic N) is 6. The lowest BCUT2D eigenvalue weighted by Crippen LogP contribution is -2.38. The molecule has 160 valence electrons. The van der Waals surface area contributed by atoms with Gasteiger partial charge in [0.25, 0.3) is 5.91 Å². The molecule has 1 aliphatic rings. The van der Waals surface area contributed by atoms with E-state index in [-0.39, 0.29) is 5.56 Å². The Morgan fingerprint density at radius 2 is 2.10 bits per heavy atom. The van der Waals surface area contributed by atoms with E-state index in [0.717, 1.165) is 61.7 Å². The molecule has 10 heteroatoms. The number of aromatic nitrogens is 5. The van der Waals surface area contributed by atoms with Crippen LogP contribution in [0.4, 0.5) is 5.82 Å². The number of hydrogen-bond acceptors (Lipinski definition) is 7. The highest BCUT2D eigenvalue weighted by atomic mass is 16.5. The molecule has 0 atom stereocenters. The fourth-order valence-corrected chi connectivity index (χ4v) is 4.02. The zero-order valence-corrected chi connectivity index (χ0v) is 17.3. The van der Waals surface area contributed by atoms with E-state index < -0.39 is 5.91 Å². The lowest BCUT2D eigenvalue weighted by molar-refractivity contribution is 0.0365. The molecule has 10 nitrogen and oxygen atoms in total. The summed E-state index contributed by atoms with van der Waals surface area (Å²) in [6.45, 7) is 5.18. The van der Waals surface area contributed by atoms with Crippen molar-refractivity contribution in [3.05, 3.63) is 42.4 Å². The second kappa shape index (κ2) is 7.97. The van der Waals surface area contributed by atoms with Crippen LogP contribution in [0.5, 0.6) is 0 Å². The number of carbonyl (C=O) groups is 1. The summed E-state index contributed by atoms with van der Waals surface area (Å²) in [5.41, 5.74) is 8.81. The van der Waals surface area contributed by atoms with Gasteiger partial charge in [0.1, 0.15) is 17.0 Å². The maximum atomic E-state index is 11.9. The monoisotopic (exact) mass is 420 g/mol. The predicted octanol–water partition coefficient (Wildman–Crippen LogP) is 1.22. The number of primary amides is 1. The van der Waals surface area contributed by atoms with Gasteiger partial charge in [0.2, 0.25) is 0 Å². The van der Waals surface area contributed by atoms with E-state index >= 15 is 0 Å². The summed E-state index contributed by atoms with van der Waals surface area (Å²) in [4.78, 5) is 23.6. The van der Waals surface area contributed by atoms with Gasteiger partial charge in [-0.2, -0.15) is 9.61 Å². The third kappa shape index (κ3) is 3.49. The standard InChI is InChI=1S/C21H24N8O2/c1-23-18-11-17(26-21-15(19(22)30)12-25-29(18)21)16-13-28(20-14(16)3-2-4-24-20)6-5-27-7-9-31-10-8-27/h2-4,11-13,23H,5-10H2,1H3,(H2,22,30). The zero-order chi connectivity index (χ0) is 21.4. The Morgan fingerprint density at radius 3 is 2.87 bits per heavy atom. The van der Waals surface area contributed by atoms with Crippen LogP contribution in [-0.4, -0.2) is 74.9 Å². The van der Waals surface area contributed by atoms with Crippen molar-refractivity contribution in [3.63, 3.8) is 0 Å². The maximum Gasteiger partial charge on any atom is 0.254 e. The minimum Gasteiger partial charge on any atom is -0.379 e. The number of fused-ring (bicyclic) bond motifs is 2. The molecule has 0 aliphatic carbocycles. The number of pyridine rings is 1. The molecular formula is C21H24N8O2. The van der Waals surface area contributed by atoms with Crippen molar-refractivity contribution in [2.24, 2.45) is 5.73 Å². The van der Waals surface area contributed by atoms with Crippen LogP contribution in [0.2, 0.25) is 0 Å². The molecule has 0 unspecified atom stereocenters. The summed E-state index contributed by atoms with van der Waals surface area (Å²) < 4.78 is 9.19. The number of anilines is 1. The fourth-order valence-electron chi connectivity index (χ4n) is 4.02. The van der Waals surface area contributed by atoms with Crippen molar-refractivity contribution in [3.8, 4) is 11.3 Å². The molecule has 0 aromatic carbocycles. The SMILES string of the molecule is CNc1cc(-c2cn(CCN3CCOCC3)c3ncccc23)nc2c(C(N)=O)cnn12. The zero-order valence-electron chi connectivity index (χ0n) is 17.3. The average Bonchev–Trinajstić information content (AvgIpc) is 3.39. The first-order chi connectivity index (χ1) is 15.2. The van der Waals surface area contributed by atoms with Gasteiger partial charge < -0.3 is 20.4 Å². The van der Waals surface area contributed by atoms with Crippen LogP contribution in [0.3, 0.4) is 0 Å². The van der Waals surface area contributed by atoms with Gasteiger partial charge in [0, 0.05) is 62.6 Å². The van der Waals surface area contributed by atoms with Gasteiger partial charge in [-0.15, -0.1) is 0 Å². The molecular weight excluding hydrogens is 396 g/mol. The highest BCUT2D eigenvalue weighted by Crippen LogP contribution is 2.31. The van der Waals surface area contributed by atoms with E-state index in [4.69, 9.17) is 15.5 Å². The van der Waals surface area contributed by atoms with E-state index in [1.54, 1.807) is 17.8 Å². The Labute approximate surface area is 178 Å². The highest BCUT2D eigenvalue weighted by molar-refractivity contribution is 5.99. The molecule has 1 fully saturated rings. The fraction of sp³-hybridized carbons (Fsp3) is 0.333.